The Bertz CT molecular complexity index is 717. The third-order valence-electron chi connectivity index (χ3n) is 4.88. The zero-order valence-corrected chi connectivity index (χ0v) is 13.8. The second-order valence-corrected chi connectivity index (χ2v) is 6.21. The van der Waals surface area contributed by atoms with Crippen molar-refractivity contribution in [2.24, 2.45) is 5.73 Å². The van der Waals surface area contributed by atoms with E-state index in [-0.39, 0.29) is 17.8 Å². The summed E-state index contributed by atoms with van der Waals surface area (Å²) >= 11 is 0. The standard InChI is InChI=1S/C19H23FN2O/c1-12-5-4-6-15-16(11-22(2)18(10-21)19(12)15)14-8-7-13(23-3)9-17(14)20/h4-9,16,18H,10-11,21H2,1-3H3. The van der Waals surface area contributed by atoms with Gasteiger partial charge in [-0.3, -0.25) is 4.90 Å². The van der Waals surface area contributed by atoms with Gasteiger partial charge in [0.15, 0.2) is 0 Å². The van der Waals surface area contributed by atoms with Crippen molar-refractivity contribution in [3.05, 3.63) is 64.5 Å². The molecule has 3 nitrogen and oxygen atoms in total. The lowest BCUT2D eigenvalue weighted by Gasteiger charge is -2.40. The number of fused-ring (bicyclic) bond motifs is 1. The summed E-state index contributed by atoms with van der Waals surface area (Å²) in [5.74, 6) is 0.324. The monoisotopic (exact) mass is 314 g/mol. The molecular weight excluding hydrogens is 291 g/mol. The summed E-state index contributed by atoms with van der Waals surface area (Å²) in [6, 6.07) is 11.5. The number of halogens is 1. The van der Waals surface area contributed by atoms with Crippen molar-refractivity contribution in [3.8, 4) is 5.75 Å². The third-order valence-corrected chi connectivity index (χ3v) is 4.88. The van der Waals surface area contributed by atoms with E-state index in [0.717, 1.165) is 6.54 Å². The Morgan fingerprint density at radius 1 is 1.26 bits per heavy atom. The number of nitrogens with zero attached hydrogens (tertiary/aromatic N) is 1. The van der Waals surface area contributed by atoms with E-state index in [1.165, 1.54) is 22.8 Å². The van der Waals surface area contributed by atoms with Crippen LogP contribution in [0, 0.1) is 12.7 Å². The highest BCUT2D eigenvalue weighted by Gasteiger charge is 2.33. The average molecular weight is 314 g/mol. The van der Waals surface area contributed by atoms with Gasteiger partial charge < -0.3 is 10.5 Å². The number of benzene rings is 2. The maximum Gasteiger partial charge on any atom is 0.130 e. The van der Waals surface area contributed by atoms with Gasteiger partial charge in [-0.25, -0.2) is 4.39 Å². The largest absolute Gasteiger partial charge is 0.497 e. The summed E-state index contributed by atoms with van der Waals surface area (Å²) in [5, 5.41) is 0. The average Bonchev–Trinajstić information content (AvgIpc) is 2.55. The summed E-state index contributed by atoms with van der Waals surface area (Å²) in [4.78, 5) is 2.23. The first-order valence-electron chi connectivity index (χ1n) is 7.90. The molecule has 0 spiro atoms. The van der Waals surface area contributed by atoms with Crippen LogP contribution in [0.1, 0.15) is 34.2 Å². The molecule has 0 saturated carbocycles. The van der Waals surface area contributed by atoms with Crippen LogP contribution in [0.5, 0.6) is 5.75 Å². The van der Waals surface area contributed by atoms with E-state index >= 15 is 0 Å². The summed E-state index contributed by atoms with van der Waals surface area (Å²) in [5.41, 5.74) is 10.3. The molecule has 2 aromatic rings. The maximum absolute atomic E-state index is 14.6. The van der Waals surface area contributed by atoms with Gasteiger partial charge in [-0.2, -0.15) is 0 Å². The van der Waals surface area contributed by atoms with Crippen molar-refractivity contribution in [2.75, 3.05) is 27.2 Å². The predicted molar refractivity (Wildman–Crippen MR) is 90.4 cm³/mol. The zero-order valence-electron chi connectivity index (χ0n) is 13.8. The molecule has 0 fully saturated rings. The SMILES string of the molecule is COc1ccc(C2CN(C)C(CN)c3c(C)cccc32)c(F)c1. The fourth-order valence-corrected chi connectivity index (χ4v) is 3.68. The molecule has 122 valence electrons. The molecule has 2 atom stereocenters. The van der Waals surface area contributed by atoms with Crippen LogP contribution >= 0.6 is 0 Å². The first-order valence-corrected chi connectivity index (χ1v) is 7.90. The number of aryl methyl sites for hydroxylation is 1. The highest BCUT2D eigenvalue weighted by atomic mass is 19.1. The normalized spacial score (nSPS) is 21.1. The van der Waals surface area contributed by atoms with E-state index in [4.69, 9.17) is 10.5 Å². The Labute approximate surface area is 136 Å². The Hall–Kier alpha value is -1.91. The molecule has 2 aromatic carbocycles. The van der Waals surface area contributed by atoms with Crippen molar-refractivity contribution in [2.45, 2.75) is 18.9 Å². The number of methoxy groups -OCH3 is 1. The van der Waals surface area contributed by atoms with Crippen LogP contribution < -0.4 is 10.5 Å². The van der Waals surface area contributed by atoms with Gasteiger partial charge in [0.1, 0.15) is 11.6 Å². The summed E-state index contributed by atoms with van der Waals surface area (Å²) in [6.45, 7) is 3.41. The van der Waals surface area contributed by atoms with Gasteiger partial charge in [-0.15, -0.1) is 0 Å². The summed E-state index contributed by atoms with van der Waals surface area (Å²) in [6.07, 6.45) is 0. The van der Waals surface area contributed by atoms with E-state index in [1.807, 2.05) is 18.2 Å². The van der Waals surface area contributed by atoms with E-state index < -0.39 is 0 Å². The van der Waals surface area contributed by atoms with Gasteiger partial charge in [-0.1, -0.05) is 24.3 Å². The Balaban J connectivity index is 2.13. The summed E-state index contributed by atoms with van der Waals surface area (Å²) in [7, 11) is 3.61. The number of nitrogens with two attached hydrogens (primary N) is 1. The van der Waals surface area contributed by atoms with E-state index in [9.17, 15) is 4.39 Å². The van der Waals surface area contributed by atoms with Gasteiger partial charge in [-0.05, 0) is 42.3 Å². The summed E-state index contributed by atoms with van der Waals surface area (Å²) < 4.78 is 19.7. The van der Waals surface area contributed by atoms with Crippen LogP contribution in [-0.4, -0.2) is 32.1 Å². The zero-order chi connectivity index (χ0) is 16.6. The highest BCUT2D eigenvalue weighted by molar-refractivity contribution is 5.47. The lowest BCUT2D eigenvalue weighted by molar-refractivity contribution is 0.221. The van der Waals surface area contributed by atoms with Gasteiger partial charge in [0.25, 0.3) is 0 Å². The minimum Gasteiger partial charge on any atom is -0.497 e. The Morgan fingerprint density at radius 2 is 2.04 bits per heavy atom. The molecule has 1 aliphatic rings. The molecule has 23 heavy (non-hydrogen) atoms. The molecule has 2 unspecified atom stereocenters. The van der Waals surface area contributed by atoms with Crippen molar-refractivity contribution in [3.63, 3.8) is 0 Å². The smallest absolute Gasteiger partial charge is 0.130 e. The topological polar surface area (TPSA) is 38.5 Å². The van der Waals surface area contributed by atoms with Crippen LogP contribution in [0.2, 0.25) is 0 Å². The Kier molecular flexibility index (Phi) is 4.37. The molecule has 0 aliphatic carbocycles. The molecule has 2 N–H and O–H groups in total. The predicted octanol–water partition coefficient (Wildman–Crippen LogP) is 3.22. The van der Waals surface area contributed by atoms with Gasteiger partial charge in [0.05, 0.1) is 7.11 Å². The van der Waals surface area contributed by atoms with E-state index in [1.54, 1.807) is 7.11 Å². The minimum absolute atomic E-state index is 0.00334. The molecule has 4 heteroatoms. The fraction of sp³-hybridized carbons (Fsp3) is 0.368. The van der Waals surface area contributed by atoms with Crippen molar-refractivity contribution in [1.82, 2.24) is 4.90 Å². The first kappa shape index (κ1) is 16.0. The number of hydrogen-bond acceptors (Lipinski definition) is 3. The lowest BCUT2D eigenvalue weighted by atomic mass is 9.79. The number of likely N-dealkylation sites (N-methyl/N-ethyl adjacent to an activating group) is 1. The second-order valence-electron chi connectivity index (χ2n) is 6.21. The van der Waals surface area contributed by atoms with E-state index in [2.05, 4.69) is 31.0 Å². The second kappa shape index (κ2) is 6.30. The minimum atomic E-state index is -0.221. The van der Waals surface area contributed by atoms with Crippen molar-refractivity contribution in [1.29, 1.82) is 0 Å². The van der Waals surface area contributed by atoms with Crippen LogP contribution in [0.15, 0.2) is 36.4 Å². The quantitative estimate of drug-likeness (QED) is 0.945. The molecule has 0 bridgehead atoms. The Morgan fingerprint density at radius 3 is 2.70 bits per heavy atom. The number of rotatable bonds is 3. The fourth-order valence-electron chi connectivity index (χ4n) is 3.68. The van der Waals surface area contributed by atoms with Crippen LogP contribution in [0.25, 0.3) is 0 Å². The molecule has 3 rings (SSSR count). The maximum atomic E-state index is 14.6. The molecular formula is C19H23FN2O. The lowest BCUT2D eigenvalue weighted by Crippen LogP contribution is -2.39. The van der Waals surface area contributed by atoms with Gasteiger partial charge in [0.2, 0.25) is 0 Å². The number of ether oxygens (including phenoxy) is 1. The molecule has 1 aliphatic heterocycles. The van der Waals surface area contributed by atoms with Gasteiger partial charge in [0, 0.05) is 31.1 Å². The third kappa shape index (κ3) is 2.73. The molecule has 1 heterocycles. The van der Waals surface area contributed by atoms with Crippen LogP contribution in [0.3, 0.4) is 0 Å². The highest BCUT2D eigenvalue weighted by Crippen LogP contribution is 2.40. The molecule has 0 amide bonds. The van der Waals surface area contributed by atoms with Crippen molar-refractivity contribution < 1.29 is 9.13 Å². The number of hydrogen-bond donors (Lipinski definition) is 1. The van der Waals surface area contributed by atoms with Crippen LogP contribution in [-0.2, 0) is 0 Å². The van der Waals surface area contributed by atoms with E-state index in [0.29, 0.717) is 17.9 Å². The molecule has 0 saturated heterocycles. The van der Waals surface area contributed by atoms with Crippen molar-refractivity contribution >= 4 is 0 Å². The van der Waals surface area contributed by atoms with Crippen LogP contribution in [0.4, 0.5) is 4.39 Å². The first-order chi connectivity index (χ1) is 11.1. The molecule has 0 radical (unpaired) electrons. The molecule has 0 aromatic heterocycles. The van der Waals surface area contributed by atoms with Gasteiger partial charge >= 0.3 is 0 Å².